The van der Waals surface area contributed by atoms with Crippen LogP contribution in [0.1, 0.15) is 5.01 Å². The van der Waals surface area contributed by atoms with E-state index in [-0.39, 0.29) is 12.5 Å². The normalized spacial score (nSPS) is 10.8. The van der Waals surface area contributed by atoms with Crippen molar-refractivity contribution >= 4 is 33.3 Å². The maximum absolute atomic E-state index is 12.1. The molecule has 1 N–H and O–H groups in total. The largest absolute Gasteiger partial charge is 0.496 e. The Hall–Kier alpha value is -2.41. The van der Waals surface area contributed by atoms with Crippen molar-refractivity contribution in [3.63, 3.8) is 0 Å². The Kier molecular flexibility index (Phi) is 3.57. The third-order valence-corrected chi connectivity index (χ3v) is 3.83. The van der Waals surface area contributed by atoms with Crippen LogP contribution in [0.4, 0.5) is 5.13 Å². The molecule has 0 fully saturated rings. The van der Waals surface area contributed by atoms with Crippen molar-refractivity contribution in [2.45, 2.75) is 13.5 Å². The number of benzene rings is 1. The lowest BCUT2D eigenvalue weighted by Gasteiger charge is -2.06. The molecule has 1 aromatic carbocycles. The summed E-state index contributed by atoms with van der Waals surface area (Å²) in [5, 5.41) is 12.8. The number of aryl methyl sites for hydroxylation is 1. The van der Waals surface area contributed by atoms with Crippen molar-refractivity contribution in [2.75, 3.05) is 12.4 Å². The van der Waals surface area contributed by atoms with Crippen LogP contribution in [-0.2, 0) is 11.3 Å². The number of nitrogens with zero attached hydrogens (tertiary/aromatic N) is 3. The fraction of sp³-hybridized carbons (Fsp3) is 0.214. The van der Waals surface area contributed by atoms with E-state index in [0.29, 0.717) is 5.13 Å². The zero-order valence-electron chi connectivity index (χ0n) is 11.7. The maximum atomic E-state index is 12.1. The molecule has 3 rings (SSSR count). The van der Waals surface area contributed by atoms with Crippen molar-refractivity contribution in [3.05, 3.63) is 35.5 Å². The zero-order chi connectivity index (χ0) is 14.8. The van der Waals surface area contributed by atoms with Gasteiger partial charge in [-0.25, -0.2) is 0 Å². The van der Waals surface area contributed by atoms with Crippen LogP contribution >= 0.6 is 11.3 Å². The number of methoxy groups -OCH3 is 1. The average Bonchev–Trinajstić information content (AvgIpc) is 3.05. The van der Waals surface area contributed by atoms with Gasteiger partial charge in [-0.3, -0.25) is 10.1 Å². The summed E-state index contributed by atoms with van der Waals surface area (Å²) in [4.78, 5) is 12.1. The standard InChI is InChI=1S/C14H14N4O2S/c1-9-16-17-14(21-9)15-13(19)8-18-7-6-10-11(18)4-3-5-12(10)20-2/h3-7H,8H2,1-2H3,(H,15,17,19). The molecule has 0 saturated heterocycles. The first-order valence-electron chi connectivity index (χ1n) is 6.39. The Labute approximate surface area is 125 Å². The molecule has 0 unspecified atom stereocenters. The number of anilines is 1. The topological polar surface area (TPSA) is 69.0 Å². The van der Waals surface area contributed by atoms with Gasteiger partial charge < -0.3 is 9.30 Å². The molecule has 0 bridgehead atoms. The summed E-state index contributed by atoms with van der Waals surface area (Å²) in [6.45, 7) is 2.06. The monoisotopic (exact) mass is 302 g/mol. The highest BCUT2D eigenvalue weighted by Gasteiger charge is 2.10. The summed E-state index contributed by atoms with van der Waals surface area (Å²) in [6, 6.07) is 7.71. The predicted molar refractivity (Wildman–Crippen MR) is 81.8 cm³/mol. The highest BCUT2D eigenvalue weighted by molar-refractivity contribution is 7.15. The van der Waals surface area contributed by atoms with E-state index in [1.165, 1.54) is 11.3 Å². The first-order valence-corrected chi connectivity index (χ1v) is 7.21. The molecule has 0 atom stereocenters. The molecular formula is C14H14N4O2S. The first kappa shape index (κ1) is 13.6. The highest BCUT2D eigenvalue weighted by Crippen LogP contribution is 2.26. The Morgan fingerprint density at radius 2 is 2.24 bits per heavy atom. The van der Waals surface area contributed by atoms with E-state index in [0.717, 1.165) is 21.7 Å². The van der Waals surface area contributed by atoms with Crippen molar-refractivity contribution in [1.82, 2.24) is 14.8 Å². The molecule has 108 valence electrons. The van der Waals surface area contributed by atoms with Gasteiger partial charge in [0.05, 0.1) is 12.6 Å². The van der Waals surface area contributed by atoms with Crippen LogP contribution in [-0.4, -0.2) is 27.8 Å². The van der Waals surface area contributed by atoms with Crippen molar-refractivity contribution in [1.29, 1.82) is 0 Å². The van der Waals surface area contributed by atoms with Gasteiger partial charge in [0, 0.05) is 11.6 Å². The van der Waals surface area contributed by atoms with E-state index < -0.39 is 0 Å². The van der Waals surface area contributed by atoms with Crippen LogP contribution < -0.4 is 10.1 Å². The minimum atomic E-state index is -0.133. The number of hydrogen-bond donors (Lipinski definition) is 1. The van der Waals surface area contributed by atoms with Crippen LogP contribution in [0.25, 0.3) is 10.9 Å². The zero-order valence-corrected chi connectivity index (χ0v) is 12.5. The Morgan fingerprint density at radius 3 is 2.95 bits per heavy atom. The molecular weight excluding hydrogens is 288 g/mol. The number of carbonyl (C=O) groups is 1. The van der Waals surface area contributed by atoms with Crippen LogP contribution in [0.15, 0.2) is 30.5 Å². The van der Waals surface area contributed by atoms with E-state index in [4.69, 9.17) is 4.74 Å². The van der Waals surface area contributed by atoms with Gasteiger partial charge in [-0.05, 0) is 25.1 Å². The summed E-state index contributed by atoms with van der Waals surface area (Å²) >= 11 is 1.35. The van der Waals surface area contributed by atoms with Gasteiger partial charge >= 0.3 is 0 Å². The molecule has 6 nitrogen and oxygen atoms in total. The van der Waals surface area contributed by atoms with Crippen LogP contribution in [0, 0.1) is 6.92 Å². The number of ether oxygens (including phenoxy) is 1. The lowest BCUT2D eigenvalue weighted by atomic mass is 10.2. The fourth-order valence-electron chi connectivity index (χ4n) is 2.17. The molecule has 2 heterocycles. The SMILES string of the molecule is COc1cccc2c1ccn2CC(=O)Nc1nnc(C)s1. The molecule has 1 amide bonds. The van der Waals surface area contributed by atoms with E-state index in [1.807, 2.05) is 42.0 Å². The van der Waals surface area contributed by atoms with Gasteiger partial charge in [0.2, 0.25) is 11.0 Å². The number of nitrogens with one attached hydrogen (secondary N) is 1. The molecule has 0 aliphatic heterocycles. The number of carbonyl (C=O) groups excluding carboxylic acids is 1. The third kappa shape index (κ3) is 2.73. The smallest absolute Gasteiger partial charge is 0.246 e. The number of amides is 1. The van der Waals surface area contributed by atoms with E-state index in [2.05, 4.69) is 15.5 Å². The highest BCUT2D eigenvalue weighted by atomic mass is 32.1. The summed E-state index contributed by atoms with van der Waals surface area (Å²) in [6.07, 6.45) is 1.87. The Balaban J connectivity index is 1.80. The second-order valence-electron chi connectivity index (χ2n) is 4.51. The Bertz CT molecular complexity index is 793. The van der Waals surface area contributed by atoms with Gasteiger partial charge in [-0.2, -0.15) is 0 Å². The number of rotatable bonds is 4. The number of hydrogen-bond acceptors (Lipinski definition) is 5. The summed E-state index contributed by atoms with van der Waals surface area (Å²) in [7, 11) is 1.64. The van der Waals surface area contributed by atoms with Crippen LogP contribution in [0.5, 0.6) is 5.75 Å². The Morgan fingerprint density at radius 1 is 1.38 bits per heavy atom. The third-order valence-electron chi connectivity index (χ3n) is 3.08. The van der Waals surface area contributed by atoms with Gasteiger partial charge in [0.1, 0.15) is 17.3 Å². The van der Waals surface area contributed by atoms with Crippen molar-refractivity contribution < 1.29 is 9.53 Å². The van der Waals surface area contributed by atoms with Gasteiger partial charge in [0.15, 0.2) is 0 Å². The van der Waals surface area contributed by atoms with Crippen LogP contribution in [0.3, 0.4) is 0 Å². The predicted octanol–water partition coefficient (Wildman–Crippen LogP) is 2.45. The van der Waals surface area contributed by atoms with Crippen molar-refractivity contribution in [3.8, 4) is 5.75 Å². The van der Waals surface area contributed by atoms with Crippen LogP contribution in [0.2, 0.25) is 0 Å². The lowest BCUT2D eigenvalue weighted by Crippen LogP contribution is -2.18. The molecule has 21 heavy (non-hydrogen) atoms. The molecule has 0 saturated carbocycles. The average molecular weight is 302 g/mol. The number of aromatic nitrogens is 3. The van der Waals surface area contributed by atoms with E-state index >= 15 is 0 Å². The van der Waals surface area contributed by atoms with Gasteiger partial charge in [0.25, 0.3) is 0 Å². The summed E-state index contributed by atoms with van der Waals surface area (Å²) in [5.41, 5.74) is 0.956. The number of fused-ring (bicyclic) bond motifs is 1. The van der Waals surface area contributed by atoms with E-state index in [1.54, 1.807) is 7.11 Å². The quantitative estimate of drug-likeness (QED) is 0.803. The summed E-state index contributed by atoms with van der Waals surface area (Å²) < 4.78 is 7.19. The molecule has 3 aromatic rings. The maximum Gasteiger partial charge on any atom is 0.246 e. The molecule has 0 spiro atoms. The molecule has 0 aliphatic rings. The second-order valence-corrected chi connectivity index (χ2v) is 5.69. The molecule has 7 heteroatoms. The minimum Gasteiger partial charge on any atom is -0.496 e. The molecule has 0 aliphatic carbocycles. The summed E-state index contributed by atoms with van der Waals surface area (Å²) in [5.74, 6) is 0.665. The molecule has 0 radical (unpaired) electrons. The van der Waals surface area contributed by atoms with Gasteiger partial charge in [-0.15, -0.1) is 10.2 Å². The van der Waals surface area contributed by atoms with E-state index in [9.17, 15) is 4.79 Å². The van der Waals surface area contributed by atoms with Gasteiger partial charge in [-0.1, -0.05) is 17.4 Å². The molecule has 2 aromatic heterocycles. The van der Waals surface area contributed by atoms with Crippen molar-refractivity contribution in [2.24, 2.45) is 0 Å². The fourth-order valence-corrected chi connectivity index (χ4v) is 2.78. The second kappa shape index (κ2) is 5.53. The lowest BCUT2D eigenvalue weighted by molar-refractivity contribution is -0.116. The minimum absolute atomic E-state index is 0.133. The first-order chi connectivity index (χ1) is 10.2.